The van der Waals surface area contributed by atoms with Gasteiger partial charge in [0.15, 0.2) is 17.1 Å². The predicted octanol–water partition coefficient (Wildman–Crippen LogP) is 1.75. The van der Waals surface area contributed by atoms with Crippen molar-refractivity contribution in [1.82, 2.24) is 19.5 Å². The van der Waals surface area contributed by atoms with Crippen LogP contribution in [0.15, 0.2) is 6.33 Å². The molecule has 0 aliphatic carbocycles. The number of hydrogen-bond donors (Lipinski definition) is 2. The Kier molecular flexibility index (Phi) is 8.51. The summed E-state index contributed by atoms with van der Waals surface area (Å²) in [6.45, 7) is 0.0601. The van der Waals surface area contributed by atoms with Crippen molar-refractivity contribution in [2.24, 2.45) is 0 Å². The van der Waals surface area contributed by atoms with Crippen LogP contribution in [0.5, 0.6) is 0 Å². The minimum absolute atomic E-state index is 0.0699. The summed E-state index contributed by atoms with van der Waals surface area (Å²) in [5.41, 5.74) is 4.85. The summed E-state index contributed by atoms with van der Waals surface area (Å²) in [6.07, 6.45) is 7.02. The third-order valence-corrected chi connectivity index (χ3v) is 4.55. The number of carboxylic acid groups (broad SMARTS) is 1. The van der Waals surface area contributed by atoms with Gasteiger partial charge >= 0.3 is 18.2 Å². The van der Waals surface area contributed by atoms with Crippen molar-refractivity contribution >= 4 is 29.1 Å². The number of carboxylic acids is 1. The highest BCUT2D eigenvalue weighted by Gasteiger charge is 2.30. The van der Waals surface area contributed by atoms with Gasteiger partial charge in [0.05, 0.1) is 12.9 Å². The van der Waals surface area contributed by atoms with Crippen molar-refractivity contribution in [2.45, 2.75) is 44.2 Å². The van der Waals surface area contributed by atoms with Crippen LogP contribution in [0.4, 0.5) is 15.0 Å². The molecule has 11 nitrogen and oxygen atoms in total. The molecule has 0 aliphatic rings. The summed E-state index contributed by atoms with van der Waals surface area (Å²) in [6, 6.07) is 0. The van der Waals surface area contributed by atoms with Crippen molar-refractivity contribution in [2.75, 3.05) is 26.1 Å². The lowest BCUT2D eigenvalue weighted by Gasteiger charge is -2.26. The number of ether oxygens (including phenoxy) is 3. The first kappa shape index (κ1) is 23.8. The number of aryl methyl sites for hydroxylation is 1. The first-order valence-electron chi connectivity index (χ1n) is 9.48. The van der Waals surface area contributed by atoms with Crippen LogP contribution in [0.2, 0.25) is 0 Å². The highest BCUT2D eigenvalue weighted by atomic mass is 19.1. The predicted molar refractivity (Wildman–Crippen MR) is 106 cm³/mol. The number of nitrogen functional groups attached to an aromatic ring is 1. The van der Waals surface area contributed by atoms with E-state index in [2.05, 4.69) is 20.9 Å². The number of terminal acetylenes is 1. The molecule has 0 amide bonds. The number of anilines is 1. The lowest BCUT2D eigenvalue weighted by Crippen LogP contribution is -2.37. The highest BCUT2D eigenvalue weighted by Crippen LogP contribution is 2.20. The Hall–Kier alpha value is -3.46. The maximum atomic E-state index is 13.5. The van der Waals surface area contributed by atoms with Gasteiger partial charge in [-0.15, -0.1) is 6.42 Å². The van der Waals surface area contributed by atoms with E-state index in [9.17, 15) is 14.0 Å². The van der Waals surface area contributed by atoms with Crippen LogP contribution < -0.4 is 5.73 Å². The zero-order valence-corrected chi connectivity index (χ0v) is 17.0. The molecule has 0 fully saturated rings. The van der Waals surface area contributed by atoms with Crippen molar-refractivity contribution in [1.29, 1.82) is 0 Å². The fourth-order valence-corrected chi connectivity index (χ4v) is 2.74. The molecule has 0 bridgehead atoms. The number of carbonyl (C=O) groups is 2. The van der Waals surface area contributed by atoms with Gasteiger partial charge in [-0.25, -0.2) is 9.78 Å². The van der Waals surface area contributed by atoms with E-state index in [1.54, 1.807) is 0 Å². The molecule has 0 saturated heterocycles. The molecular formula is C19H24FN5O6. The van der Waals surface area contributed by atoms with Crippen molar-refractivity contribution in [3.63, 3.8) is 0 Å². The Morgan fingerprint density at radius 1 is 1.32 bits per heavy atom. The van der Waals surface area contributed by atoms with E-state index in [0.717, 1.165) is 0 Å². The molecule has 2 heterocycles. The smallest absolute Gasteiger partial charge is 0.481 e. The Morgan fingerprint density at radius 3 is 2.77 bits per heavy atom. The van der Waals surface area contributed by atoms with Gasteiger partial charge in [0.2, 0.25) is 0 Å². The molecule has 0 spiro atoms. The molecule has 168 valence electrons. The summed E-state index contributed by atoms with van der Waals surface area (Å²) in [7, 11) is 1.38. The summed E-state index contributed by atoms with van der Waals surface area (Å²) in [5.74, 6) is 1.53. The molecule has 3 N–H and O–H groups in total. The van der Waals surface area contributed by atoms with Crippen molar-refractivity contribution < 1.29 is 33.3 Å². The molecule has 1 atom stereocenters. The minimum atomic E-state index is -1.26. The van der Waals surface area contributed by atoms with Crippen molar-refractivity contribution in [3.8, 4) is 12.3 Å². The van der Waals surface area contributed by atoms with Gasteiger partial charge in [-0.2, -0.15) is 14.4 Å². The summed E-state index contributed by atoms with van der Waals surface area (Å²) in [4.78, 5) is 33.4. The average Bonchev–Trinajstić information content (AvgIpc) is 3.14. The van der Waals surface area contributed by atoms with Crippen LogP contribution in [-0.4, -0.2) is 62.7 Å². The monoisotopic (exact) mass is 437 g/mol. The number of hydrogen-bond acceptors (Lipinski definition) is 9. The number of fused-ring (bicyclic) bond motifs is 1. The van der Waals surface area contributed by atoms with Crippen molar-refractivity contribution in [3.05, 3.63) is 12.4 Å². The van der Waals surface area contributed by atoms with Crippen LogP contribution in [-0.2, 0) is 25.5 Å². The molecule has 12 heteroatoms. The topological polar surface area (TPSA) is 152 Å². The largest absolute Gasteiger partial charge is 0.508 e. The molecule has 2 aromatic rings. The van der Waals surface area contributed by atoms with Gasteiger partial charge in [0.25, 0.3) is 0 Å². The quantitative estimate of drug-likeness (QED) is 0.217. The molecule has 0 aliphatic heterocycles. The van der Waals surface area contributed by atoms with E-state index < -0.39 is 23.8 Å². The first-order chi connectivity index (χ1) is 14.8. The molecule has 2 aromatic heterocycles. The number of nitrogens with zero attached hydrogens (tertiary/aromatic N) is 4. The van der Waals surface area contributed by atoms with Crippen LogP contribution in [0.3, 0.4) is 0 Å². The van der Waals surface area contributed by atoms with E-state index in [4.69, 9.17) is 31.5 Å². The normalized spacial score (nSPS) is 12.8. The number of aromatic nitrogens is 4. The Labute approximate surface area is 177 Å². The van der Waals surface area contributed by atoms with E-state index in [-0.39, 0.29) is 49.6 Å². The number of halogens is 1. The molecule has 2 rings (SSSR count). The van der Waals surface area contributed by atoms with Gasteiger partial charge in [-0.1, -0.05) is 5.92 Å². The number of rotatable bonds is 12. The van der Waals surface area contributed by atoms with E-state index >= 15 is 0 Å². The molecule has 1 unspecified atom stereocenters. The minimum Gasteiger partial charge on any atom is -0.481 e. The second kappa shape index (κ2) is 11.1. The second-order valence-electron chi connectivity index (χ2n) is 6.67. The van der Waals surface area contributed by atoms with Crippen LogP contribution in [0, 0.1) is 18.4 Å². The number of methoxy groups -OCH3 is 1. The van der Waals surface area contributed by atoms with E-state index in [1.807, 2.05) is 0 Å². The van der Waals surface area contributed by atoms with Gasteiger partial charge < -0.3 is 29.6 Å². The first-order valence-corrected chi connectivity index (χ1v) is 9.48. The average molecular weight is 437 g/mol. The Balaban J connectivity index is 1.86. The number of aliphatic carboxylic acids is 1. The highest BCUT2D eigenvalue weighted by molar-refractivity contribution is 5.81. The summed E-state index contributed by atoms with van der Waals surface area (Å²) in [5, 5.41) is 8.56. The van der Waals surface area contributed by atoms with Gasteiger partial charge in [0, 0.05) is 26.5 Å². The fraction of sp³-hybridized carbons (Fsp3) is 0.526. The third kappa shape index (κ3) is 6.78. The van der Waals surface area contributed by atoms with Gasteiger partial charge in [-0.05, 0) is 19.3 Å². The fourth-order valence-electron chi connectivity index (χ4n) is 2.74. The number of imidazole rings is 1. The maximum Gasteiger partial charge on any atom is 0.508 e. The van der Waals surface area contributed by atoms with E-state index in [1.165, 1.54) is 18.0 Å². The standard InChI is InChI=1S/C19H24FN5O6/c1-3-19(29-2,11-31-18(28)30-10-6-4-5-7-13(26)27)8-9-25-12-22-14-15(21)23-17(20)24-16(14)25/h1,12H,4-11H2,2H3,(H,26,27)(H2,21,23,24). The second-order valence-corrected chi connectivity index (χ2v) is 6.67. The van der Waals surface area contributed by atoms with Crippen LogP contribution in [0.1, 0.15) is 32.1 Å². The Morgan fingerprint density at radius 2 is 2.10 bits per heavy atom. The molecular weight excluding hydrogens is 413 g/mol. The maximum absolute atomic E-state index is 13.5. The molecule has 0 aromatic carbocycles. The molecule has 31 heavy (non-hydrogen) atoms. The van der Waals surface area contributed by atoms with Crippen LogP contribution in [0.25, 0.3) is 11.2 Å². The number of nitrogens with two attached hydrogens (primary N) is 1. The zero-order valence-electron chi connectivity index (χ0n) is 17.0. The summed E-state index contributed by atoms with van der Waals surface area (Å²) < 4.78 is 30.4. The number of carbonyl (C=O) groups excluding carboxylic acids is 1. The lowest BCUT2D eigenvalue weighted by molar-refractivity contribution is -0.137. The summed E-state index contributed by atoms with van der Waals surface area (Å²) >= 11 is 0. The molecule has 0 saturated carbocycles. The van der Waals surface area contributed by atoms with E-state index in [0.29, 0.717) is 19.3 Å². The SMILES string of the molecule is C#CC(CCn1cnc2c(N)nc(F)nc21)(COC(=O)OCCCCCC(=O)O)OC. The zero-order chi connectivity index (χ0) is 22.9. The lowest BCUT2D eigenvalue weighted by atomic mass is 10.0. The van der Waals surface area contributed by atoms with Gasteiger partial charge in [0.1, 0.15) is 12.1 Å². The van der Waals surface area contributed by atoms with Gasteiger partial charge in [-0.3, -0.25) is 4.79 Å². The third-order valence-electron chi connectivity index (χ3n) is 4.55. The van der Waals surface area contributed by atoms with Crippen LogP contribution >= 0.6 is 0 Å². The Bertz CT molecular complexity index is 959. The number of unbranched alkanes of at least 4 members (excludes halogenated alkanes) is 2. The molecule has 0 radical (unpaired) electrons.